The molecule has 1 saturated heterocycles. The van der Waals surface area contributed by atoms with Gasteiger partial charge in [0.15, 0.2) is 0 Å². The van der Waals surface area contributed by atoms with Crippen LogP contribution in [-0.4, -0.2) is 46.8 Å². The molecule has 2 fully saturated rings. The summed E-state index contributed by atoms with van der Waals surface area (Å²) >= 11 is 1.58. The number of nitrogens with one attached hydrogen (secondary N) is 1. The van der Waals surface area contributed by atoms with Gasteiger partial charge in [0, 0.05) is 13.6 Å². The van der Waals surface area contributed by atoms with E-state index in [1.165, 1.54) is 0 Å². The first kappa shape index (κ1) is 17.0. The minimum absolute atomic E-state index is 0.103. The summed E-state index contributed by atoms with van der Waals surface area (Å²) in [6, 6.07) is 1.52. The van der Waals surface area contributed by atoms with E-state index in [0.717, 1.165) is 29.7 Å². The summed E-state index contributed by atoms with van der Waals surface area (Å²) in [5.74, 6) is -0.367. The molecule has 0 unspecified atom stereocenters. The van der Waals surface area contributed by atoms with Crippen molar-refractivity contribution in [2.24, 2.45) is 5.92 Å². The fourth-order valence-electron chi connectivity index (χ4n) is 3.64. The van der Waals surface area contributed by atoms with Crippen LogP contribution in [0.15, 0.2) is 16.8 Å². The molecule has 1 N–H and O–H groups in total. The van der Waals surface area contributed by atoms with Crippen LogP contribution in [0.4, 0.5) is 4.79 Å². The lowest BCUT2D eigenvalue weighted by atomic mass is 9.73. The second kappa shape index (κ2) is 6.55. The smallest absolute Gasteiger partial charge is 0.325 e. The number of hydrogen-bond donors (Lipinski definition) is 1. The lowest BCUT2D eigenvalue weighted by molar-refractivity contribution is -0.140. The molecule has 4 amide bonds. The van der Waals surface area contributed by atoms with E-state index in [0.29, 0.717) is 13.0 Å². The molecule has 2 aliphatic rings. The third-order valence-corrected chi connectivity index (χ3v) is 5.95. The number of nitrogens with zero attached hydrogens (tertiary/aromatic N) is 2. The summed E-state index contributed by atoms with van der Waals surface area (Å²) in [6.45, 7) is 2.29. The van der Waals surface area contributed by atoms with E-state index in [1.807, 2.05) is 23.8 Å². The normalized spacial score (nSPS) is 26.8. The molecule has 1 aliphatic heterocycles. The Morgan fingerprint density at radius 3 is 2.92 bits per heavy atom. The molecular weight excluding hydrogens is 326 g/mol. The fraction of sp³-hybridized carbons (Fsp3) is 0.588. The van der Waals surface area contributed by atoms with E-state index in [1.54, 1.807) is 23.3 Å². The largest absolute Gasteiger partial charge is 0.340 e. The fourth-order valence-corrected chi connectivity index (χ4v) is 4.30. The van der Waals surface area contributed by atoms with Crippen LogP contribution in [0.5, 0.6) is 0 Å². The van der Waals surface area contributed by atoms with Crippen molar-refractivity contribution in [3.05, 3.63) is 22.4 Å². The zero-order chi connectivity index (χ0) is 17.3. The molecule has 2 heterocycles. The van der Waals surface area contributed by atoms with Gasteiger partial charge in [0.1, 0.15) is 12.1 Å². The minimum Gasteiger partial charge on any atom is -0.340 e. The van der Waals surface area contributed by atoms with Gasteiger partial charge in [0.2, 0.25) is 5.91 Å². The van der Waals surface area contributed by atoms with Crippen molar-refractivity contribution in [2.75, 3.05) is 13.6 Å². The number of carbonyl (C=O) groups is 3. The van der Waals surface area contributed by atoms with Crippen LogP contribution in [-0.2, 0) is 16.1 Å². The Morgan fingerprint density at radius 2 is 2.25 bits per heavy atom. The predicted molar refractivity (Wildman–Crippen MR) is 91.4 cm³/mol. The summed E-state index contributed by atoms with van der Waals surface area (Å²) in [6.07, 6.45) is 3.59. The first-order valence-corrected chi connectivity index (χ1v) is 9.27. The highest BCUT2D eigenvalue weighted by atomic mass is 32.1. The Labute approximate surface area is 145 Å². The molecule has 0 bridgehead atoms. The first-order chi connectivity index (χ1) is 11.4. The summed E-state index contributed by atoms with van der Waals surface area (Å²) in [4.78, 5) is 40.2. The third kappa shape index (κ3) is 2.92. The van der Waals surface area contributed by atoms with Gasteiger partial charge in [0.05, 0.1) is 0 Å². The Balaban J connectivity index is 1.67. The third-order valence-electron chi connectivity index (χ3n) is 5.22. The van der Waals surface area contributed by atoms with Crippen molar-refractivity contribution >= 4 is 29.2 Å². The van der Waals surface area contributed by atoms with Crippen molar-refractivity contribution in [1.82, 2.24) is 15.1 Å². The highest BCUT2D eigenvalue weighted by Gasteiger charge is 2.55. The molecule has 130 valence electrons. The topological polar surface area (TPSA) is 69.7 Å². The van der Waals surface area contributed by atoms with E-state index < -0.39 is 11.6 Å². The molecule has 1 saturated carbocycles. The molecular formula is C17H23N3O3S. The van der Waals surface area contributed by atoms with E-state index in [2.05, 4.69) is 5.32 Å². The van der Waals surface area contributed by atoms with Crippen LogP contribution >= 0.6 is 11.3 Å². The number of carbonyl (C=O) groups excluding carboxylic acids is 3. The van der Waals surface area contributed by atoms with Crippen LogP contribution in [0, 0.1) is 5.92 Å². The van der Waals surface area contributed by atoms with Gasteiger partial charge in [-0.25, -0.2) is 4.79 Å². The Kier molecular flexibility index (Phi) is 4.62. The molecule has 1 aromatic rings. The second-order valence-electron chi connectivity index (χ2n) is 6.82. The van der Waals surface area contributed by atoms with Gasteiger partial charge in [-0.3, -0.25) is 14.5 Å². The van der Waals surface area contributed by atoms with Gasteiger partial charge in [-0.1, -0.05) is 19.8 Å². The van der Waals surface area contributed by atoms with Crippen molar-refractivity contribution in [3.8, 4) is 0 Å². The maximum Gasteiger partial charge on any atom is 0.325 e. The van der Waals surface area contributed by atoms with Crippen molar-refractivity contribution in [3.63, 3.8) is 0 Å². The molecule has 1 aliphatic carbocycles. The van der Waals surface area contributed by atoms with Crippen LogP contribution in [0.3, 0.4) is 0 Å². The monoisotopic (exact) mass is 349 g/mol. The molecule has 6 nitrogen and oxygen atoms in total. The Bertz CT molecular complexity index is 646. The van der Waals surface area contributed by atoms with E-state index in [-0.39, 0.29) is 24.3 Å². The minimum atomic E-state index is -0.804. The molecule has 7 heteroatoms. The molecule has 0 radical (unpaired) electrons. The maximum absolute atomic E-state index is 12.9. The van der Waals surface area contributed by atoms with E-state index in [4.69, 9.17) is 0 Å². The van der Waals surface area contributed by atoms with Crippen LogP contribution in [0.2, 0.25) is 0 Å². The van der Waals surface area contributed by atoms with Gasteiger partial charge in [0.25, 0.3) is 5.91 Å². The Morgan fingerprint density at radius 1 is 1.46 bits per heavy atom. The maximum atomic E-state index is 12.9. The van der Waals surface area contributed by atoms with Crippen LogP contribution < -0.4 is 5.32 Å². The lowest BCUT2D eigenvalue weighted by Crippen LogP contribution is -2.54. The first-order valence-electron chi connectivity index (χ1n) is 8.33. The molecule has 2 atom stereocenters. The lowest BCUT2D eigenvalue weighted by Gasteiger charge is -2.36. The van der Waals surface area contributed by atoms with Crippen LogP contribution in [0.1, 0.15) is 38.2 Å². The summed E-state index contributed by atoms with van der Waals surface area (Å²) < 4.78 is 0. The molecule has 24 heavy (non-hydrogen) atoms. The summed E-state index contributed by atoms with van der Waals surface area (Å²) in [5.41, 5.74) is 0.243. The number of rotatable bonds is 4. The zero-order valence-electron chi connectivity index (χ0n) is 14.1. The summed E-state index contributed by atoms with van der Waals surface area (Å²) in [7, 11) is 1.69. The number of amides is 4. The SMILES string of the molecule is C[C@H]1CCCC[C@@]12NC(=O)N(CC(=O)N(C)Cc1ccsc1)C2=O. The molecule has 3 rings (SSSR count). The van der Waals surface area contributed by atoms with Gasteiger partial charge in [-0.2, -0.15) is 11.3 Å². The standard InChI is InChI=1S/C17H23N3O3S/c1-12-5-3-4-7-17(12)15(22)20(16(23)18-17)10-14(21)19(2)9-13-6-8-24-11-13/h6,8,11-12H,3-5,7,9-10H2,1-2H3,(H,18,23)/t12-,17+/m0/s1. The number of imide groups is 1. The molecule has 0 aromatic carbocycles. The molecule has 1 spiro atoms. The van der Waals surface area contributed by atoms with E-state index >= 15 is 0 Å². The number of thiophene rings is 1. The van der Waals surface area contributed by atoms with Gasteiger partial charge < -0.3 is 10.2 Å². The van der Waals surface area contributed by atoms with Gasteiger partial charge in [-0.15, -0.1) is 0 Å². The van der Waals surface area contributed by atoms with Gasteiger partial charge in [-0.05, 0) is 41.1 Å². The number of urea groups is 1. The van der Waals surface area contributed by atoms with Crippen molar-refractivity contribution < 1.29 is 14.4 Å². The summed E-state index contributed by atoms with van der Waals surface area (Å²) in [5, 5.41) is 6.82. The van der Waals surface area contributed by atoms with Crippen molar-refractivity contribution in [2.45, 2.75) is 44.7 Å². The molecule has 1 aromatic heterocycles. The van der Waals surface area contributed by atoms with Crippen molar-refractivity contribution in [1.29, 1.82) is 0 Å². The average Bonchev–Trinajstić information content (AvgIpc) is 3.13. The van der Waals surface area contributed by atoms with Crippen LogP contribution in [0.25, 0.3) is 0 Å². The number of hydrogen-bond acceptors (Lipinski definition) is 4. The predicted octanol–water partition coefficient (Wildman–Crippen LogP) is 2.21. The zero-order valence-corrected chi connectivity index (χ0v) is 14.9. The quantitative estimate of drug-likeness (QED) is 0.847. The van der Waals surface area contributed by atoms with Gasteiger partial charge >= 0.3 is 6.03 Å². The average molecular weight is 349 g/mol. The highest BCUT2D eigenvalue weighted by molar-refractivity contribution is 7.07. The number of likely N-dealkylation sites (N-methyl/N-ethyl adjacent to an activating group) is 1. The second-order valence-corrected chi connectivity index (χ2v) is 7.60. The van der Waals surface area contributed by atoms with E-state index in [9.17, 15) is 14.4 Å². The highest BCUT2D eigenvalue weighted by Crippen LogP contribution is 2.38. The Hall–Kier alpha value is -1.89.